The zero-order chi connectivity index (χ0) is 33.5. The SMILES string of the molecule is Cc1c[c-]c(-c2cc(-c3ccc(C)cc3C)c(C)cn2)cc1.[Ir].[c-]1cc2c3c(c1-c1ccccn1)Oc1ccccc1B3c1ccccc1O2. The summed E-state index contributed by atoms with van der Waals surface area (Å²) in [4.78, 5) is 9.08. The number of aromatic nitrogens is 2. The molecule has 6 heteroatoms. The second-order valence-corrected chi connectivity index (χ2v) is 12.7. The number of rotatable bonds is 3. The first-order valence-corrected chi connectivity index (χ1v) is 16.5. The van der Waals surface area contributed by atoms with Crippen LogP contribution in [0.2, 0.25) is 0 Å². The number of benzene rings is 5. The quantitative estimate of drug-likeness (QED) is 0.132. The largest absolute Gasteiger partial charge is 0.503 e. The predicted molar refractivity (Wildman–Crippen MR) is 199 cm³/mol. The minimum absolute atomic E-state index is 0. The van der Waals surface area contributed by atoms with Gasteiger partial charge in [-0.1, -0.05) is 96.3 Å². The molecule has 1 radical (unpaired) electrons. The van der Waals surface area contributed by atoms with E-state index in [1.54, 1.807) is 6.20 Å². The fourth-order valence-electron chi connectivity index (χ4n) is 6.76. The molecule has 2 aliphatic rings. The molecule has 0 saturated carbocycles. The van der Waals surface area contributed by atoms with Crippen LogP contribution in [-0.2, 0) is 20.1 Å². The zero-order valence-corrected chi connectivity index (χ0v) is 30.6. The normalized spacial score (nSPS) is 11.7. The van der Waals surface area contributed by atoms with Gasteiger partial charge in [0.2, 0.25) is 6.71 Å². The predicted octanol–water partition coefficient (Wildman–Crippen LogP) is 8.72. The van der Waals surface area contributed by atoms with Crippen LogP contribution in [-0.4, -0.2) is 16.7 Å². The van der Waals surface area contributed by atoms with Crippen molar-refractivity contribution in [3.8, 4) is 56.6 Å². The minimum atomic E-state index is 0. The van der Waals surface area contributed by atoms with Crippen LogP contribution in [0.5, 0.6) is 23.0 Å². The molecule has 2 aromatic heterocycles. The average Bonchev–Trinajstić information content (AvgIpc) is 3.13. The first-order chi connectivity index (χ1) is 23.9. The monoisotopic (exact) mass is 825 g/mol. The van der Waals surface area contributed by atoms with Gasteiger partial charge in [-0.15, -0.1) is 47.5 Å². The van der Waals surface area contributed by atoms with E-state index in [4.69, 9.17) is 9.47 Å². The third kappa shape index (κ3) is 6.17. The molecule has 0 fully saturated rings. The number of para-hydroxylation sites is 2. The molecule has 0 N–H and O–H groups in total. The molecule has 0 atom stereocenters. The van der Waals surface area contributed by atoms with E-state index in [2.05, 4.69) is 110 Å². The Morgan fingerprint density at radius 3 is 2.00 bits per heavy atom. The third-order valence-corrected chi connectivity index (χ3v) is 9.21. The summed E-state index contributed by atoms with van der Waals surface area (Å²) in [6.45, 7) is 8.55. The average molecular weight is 825 g/mol. The van der Waals surface area contributed by atoms with Crippen molar-refractivity contribution < 1.29 is 29.6 Å². The molecule has 0 unspecified atom stereocenters. The summed E-state index contributed by atoms with van der Waals surface area (Å²) in [5.41, 5.74) is 14.6. The number of nitrogens with zero attached hydrogens (tertiary/aromatic N) is 2. The number of pyridine rings is 2. The van der Waals surface area contributed by atoms with Gasteiger partial charge in [-0.05, 0) is 83.5 Å². The van der Waals surface area contributed by atoms with Gasteiger partial charge < -0.3 is 19.4 Å². The van der Waals surface area contributed by atoms with Gasteiger partial charge in [0.25, 0.3) is 0 Å². The number of hydrogen-bond acceptors (Lipinski definition) is 4. The Kier molecular flexibility index (Phi) is 9.24. The molecule has 5 aromatic carbocycles. The fraction of sp³-hybridized carbons (Fsp3) is 0.0909. The topological polar surface area (TPSA) is 44.2 Å². The molecule has 7 aromatic rings. The first kappa shape index (κ1) is 33.2. The van der Waals surface area contributed by atoms with Gasteiger partial charge in [0.05, 0.1) is 0 Å². The van der Waals surface area contributed by atoms with Gasteiger partial charge in [0.1, 0.15) is 11.5 Å². The Bertz CT molecular complexity index is 2330. The second kappa shape index (κ2) is 13.9. The number of aryl methyl sites for hydroxylation is 4. The Labute approximate surface area is 307 Å². The smallest absolute Gasteiger partial charge is 0.239 e. The molecule has 50 heavy (non-hydrogen) atoms. The Morgan fingerprint density at radius 1 is 0.580 bits per heavy atom. The summed E-state index contributed by atoms with van der Waals surface area (Å²) in [6, 6.07) is 45.8. The molecule has 4 nitrogen and oxygen atoms in total. The van der Waals surface area contributed by atoms with E-state index in [0.717, 1.165) is 61.9 Å². The Morgan fingerprint density at radius 2 is 1.30 bits per heavy atom. The summed E-state index contributed by atoms with van der Waals surface area (Å²) in [7, 11) is 0. The molecular formula is C44H33BIrN2O2-2. The van der Waals surface area contributed by atoms with Gasteiger partial charge in [-0.2, -0.15) is 0 Å². The maximum atomic E-state index is 6.37. The molecule has 4 heterocycles. The van der Waals surface area contributed by atoms with Crippen molar-refractivity contribution in [3.63, 3.8) is 0 Å². The Balaban J connectivity index is 0.000000157. The van der Waals surface area contributed by atoms with Crippen molar-refractivity contribution in [1.82, 2.24) is 9.97 Å². The summed E-state index contributed by atoms with van der Waals surface area (Å²) < 4.78 is 12.6. The zero-order valence-electron chi connectivity index (χ0n) is 28.2. The molecular weight excluding hydrogens is 792 g/mol. The summed E-state index contributed by atoms with van der Waals surface area (Å²) in [5, 5.41) is 0. The molecule has 9 rings (SSSR count). The van der Waals surface area contributed by atoms with E-state index < -0.39 is 0 Å². The van der Waals surface area contributed by atoms with Gasteiger partial charge >= 0.3 is 0 Å². The Hall–Kier alpha value is -5.29. The van der Waals surface area contributed by atoms with Crippen molar-refractivity contribution in [1.29, 1.82) is 0 Å². The van der Waals surface area contributed by atoms with E-state index in [9.17, 15) is 0 Å². The first-order valence-electron chi connectivity index (χ1n) is 16.5. The number of ether oxygens (including phenoxy) is 2. The van der Waals surface area contributed by atoms with Crippen LogP contribution in [0, 0.1) is 39.8 Å². The van der Waals surface area contributed by atoms with E-state index in [1.165, 1.54) is 33.4 Å². The molecule has 0 saturated heterocycles. The van der Waals surface area contributed by atoms with Crippen LogP contribution in [0.4, 0.5) is 0 Å². The van der Waals surface area contributed by atoms with Crippen LogP contribution in [0.15, 0.2) is 128 Å². The van der Waals surface area contributed by atoms with Crippen LogP contribution in [0.25, 0.3) is 33.6 Å². The standard InChI is InChI=1S/C23H13BNO2.C21H20N.Ir/c1-3-10-19-16(7-1)24-17-8-2-4-11-20(17)27-23-15(18-9-5-6-14-25-18)12-13-21(26-19)22(23)24;1-14-5-8-18(9-6-14)21-12-20(17(4)13-22-21)19-10-7-15(2)11-16(19)3;/h1-11,13-14H;5-8,10-13H,1-4H3;/q2*-1;. The van der Waals surface area contributed by atoms with Crippen LogP contribution in [0.3, 0.4) is 0 Å². The van der Waals surface area contributed by atoms with Crippen LogP contribution in [0.1, 0.15) is 22.3 Å². The maximum absolute atomic E-state index is 6.37. The summed E-state index contributed by atoms with van der Waals surface area (Å²) in [5.74, 6) is 3.33. The molecule has 0 spiro atoms. The summed E-state index contributed by atoms with van der Waals surface area (Å²) >= 11 is 0. The van der Waals surface area contributed by atoms with Gasteiger partial charge in [-0.3, -0.25) is 0 Å². The van der Waals surface area contributed by atoms with Crippen LogP contribution >= 0.6 is 0 Å². The second-order valence-electron chi connectivity index (χ2n) is 12.7. The molecule has 245 valence electrons. The van der Waals surface area contributed by atoms with Crippen molar-refractivity contribution in [2.45, 2.75) is 27.7 Å². The maximum Gasteiger partial charge on any atom is 0.239 e. The fourth-order valence-corrected chi connectivity index (χ4v) is 6.76. The van der Waals surface area contributed by atoms with E-state index in [-0.39, 0.29) is 26.8 Å². The van der Waals surface area contributed by atoms with Crippen molar-refractivity contribution >= 4 is 23.1 Å². The van der Waals surface area contributed by atoms with E-state index >= 15 is 0 Å². The summed E-state index contributed by atoms with van der Waals surface area (Å²) in [6.07, 6.45) is 3.74. The van der Waals surface area contributed by atoms with Crippen LogP contribution < -0.4 is 25.9 Å². The van der Waals surface area contributed by atoms with E-state index in [1.807, 2.05) is 60.8 Å². The minimum Gasteiger partial charge on any atom is -0.503 e. The molecule has 0 bridgehead atoms. The van der Waals surface area contributed by atoms with Gasteiger partial charge in [-0.25, -0.2) is 0 Å². The molecule has 0 aliphatic carbocycles. The third-order valence-electron chi connectivity index (χ3n) is 9.21. The molecule has 2 aliphatic heterocycles. The van der Waals surface area contributed by atoms with Crippen molar-refractivity contribution in [3.05, 3.63) is 162 Å². The van der Waals surface area contributed by atoms with Crippen molar-refractivity contribution in [2.24, 2.45) is 0 Å². The van der Waals surface area contributed by atoms with E-state index in [0.29, 0.717) is 0 Å². The van der Waals surface area contributed by atoms with Gasteiger partial charge in [0.15, 0.2) is 0 Å². The number of fused-ring (bicyclic) bond motifs is 4. The van der Waals surface area contributed by atoms with Crippen molar-refractivity contribution in [2.75, 3.05) is 0 Å². The van der Waals surface area contributed by atoms with Gasteiger partial charge in [0, 0.05) is 44.0 Å². The molecule has 0 amide bonds. The number of hydrogen-bond donors (Lipinski definition) is 0.